The van der Waals surface area contributed by atoms with Crippen LogP contribution in [0.2, 0.25) is 0 Å². The van der Waals surface area contributed by atoms with Gasteiger partial charge in [-0.05, 0) is 12.8 Å². The highest BCUT2D eigenvalue weighted by molar-refractivity contribution is 5.56. The second kappa shape index (κ2) is 6.94. The van der Waals surface area contributed by atoms with Gasteiger partial charge in [-0.15, -0.1) is 0 Å². The van der Waals surface area contributed by atoms with Crippen molar-refractivity contribution in [3.63, 3.8) is 0 Å². The molecular formula is C13H20N2O4. The number of ether oxygens (including phenoxy) is 1. The maximum atomic E-state index is 10.9. The van der Waals surface area contributed by atoms with Gasteiger partial charge in [-0.25, -0.2) is 0 Å². The van der Waals surface area contributed by atoms with E-state index in [1.807, 2.05) is 20.8 Å². The van der Waals surface area contributed by atoms with Crippen molar-refractivity contribution in [3.8, 4) is 5.75 Å². The molecule has 0 unspecified atom stereocenters. The van der Waals surface area contributed by atoms with Gasteiger partial charge in [-0.3, -0.25) is 10.1 Å². The van der Waals surface area contributed by atoms with E-state index in [2.05, 4.69) is 5.32 Å². The number of non-ortho nitro benzene ring substituents is 1. The van der Waals surface area contributed by atoms with Crippen LogP contribution in [0.4, 0.5) is 11.4 Å². The van der Waals surface area contributed by atoms with Crippen molar-refractivity contribution >= 4 is 11.4 Å². The summed E-state index contributed by atoms with van der Waals surface area (Å²) in [5.74, 6) is 0.652. The van der Waals surface area contributed by atoms with Crippen LogP contribution in [-0.4, -0.2) is 29.3 Å². The molecule has 0 aliphatic heterocycles. The molecule has 0 amide bonds. The minimum absolute atomic E-state index is 0.0334. The van der Waals surface area contributed by atoms with E-state index in [-0.39, 0.29) is 24.3 Å². The van der Waals surface area contributed by atoms with Gasteiger partial charge in [0.25, 0.3) is 5.69 Å². The Morgan fingerprint density at radius 2 is 2.11 bits per heavy atom. The molecule has 6 nitrogen and oxygen atoms in total. The lowest BCUT2D eigenvalue weighted by Gasteiger charge is -2.21. The van der Waals surface area contributed by atoms with E-state index < -0.39 is 4.92 Å². The minimum atomic E-state index is -0.461. The van der Waals surface area contributed by atoms with Gasteiger partial charge in [-0.2, -0.15) is 0 Å². The molecule has 0 saturated heterocycles. The molecule has 106 valence electrons. The number of nitro benzene ring substituents is 1. The van der Waals surface area contributed by atoms with Gasteiger partial charge in [-0.1, -0.05) is 13.8 Å². The van der Waals surface area contributed by atoms with Crippen LogP contribution in [0, 0.1) is 16.0 Å². The summed E-state index contributed by atoms with van der Waals surface area (Å²) in [5.41, 5.74) is 0.541. The molecule has 0 aliphatic carbocycles. The number of rotatable bonds is 7. The molecule has 2 N–H and O–H groups in total. The van der Waals surface area contributed by atoms with Gasteiger partial charge in [0.15, 0.2) is 0 Å². The molecule has 0 fully saturated rings. The lowest BCUT2D eigenvalue weighted by atomic mass is 10.1. The van der Waals surface area contributed by atoms with Gasteiger partial charge in [0, 0.05) is 17.8 Å². The highest BCUT2D eigenvalue weighted by Crippen LogP contribution is 2.27. The molecule has 0 bridgehead atoms. The maximum absolute atomic E-state index is 10.9. The van der Waals surface area contributed by atoms with Gasteiger partial charge in [0.2, 0.25) is 0 Å². The normalized spacial score (nSPS) is 12.3. The summed E-state index contributed by atoms with van der Waals surface area (Å²) in [5, 5.41) is 23.2. The summed E-state index contributed by atoms with van der Waals surface area (Å²) in [4.78, 5) is 10.4. The minimum Gasteiger partial charge on any atom is -0.494 e. The summed E-state index contributed by atoms with van der Waals surface area (Å²) in [7, 11) is 0. The fourth-order valence-electron chi connectivity index (χ4n) is 1.66. The Bertz CT molecular complexity index is 435. The number of nitrogens with zero attached hydrogens (tertiary/aromatic N) is 1. The third kappa shape index (κ3) is 4.40. The molecule has 19 heavy (non-hydrogen) atoms. The average Bonchev–Trinajstić information content (AvgIpc) is 2.35. The molecule has 0 aromatic heterocycles. The van der Waals surface area contributed by atoms with Gasteiger partial charge in [0.05, 0.1) is 30.2 Å². The fraction of sp³-hybridized carbons (Fsp3) is 0.538. The number of hydrogen-bond donors (Lipinski definition) is 2. The zero-order valence-corrected chi connectivity index (χ0v) is 11.4. The Labute approximate surface area is 112 Å². The first-order chi connectivity index (χ1) is 8.97. The number of nitro groups is 1. The average molecular weight is 268 g/mol. The van der Waals surface area contributed by atoms with Crippen molar-refractivity contribution in [2.45, 2.75) is 26.8 Å². The molecule has 0 heterocycles. The Morgan fingerprint density at radius 1 is 1.42 bits per heavy atom. The van der Waals surface area contributed by atoms with Crippen LogP contribution in [0.3, 0.4) is 0 Å². The molecule has 0 aliphatic rings. The van der Waals surface area contributed by atoms with Gasteiger partial charge < -0.3 is 15.2 Å². The van der Waals surface area contributed by atoms with Crippen molar-refractivity contribution in [2.24, 2.45) is 5.92 Å². The Kier molecular flexibility index (Phi) is 5.57. The fourth-order valence-corrected chi connectivity index (χ4v) is 1.66. The molecule has 0 spiro atoms. The maximum Gasteiger partial charge on any atom is 0.275 e. The van der Waals surface area contributed by atoms with E-state index in [4.69, 9.17) is 4.74 Å². The van der Waals surface area contributed by atoms with Crippen LogP contribution in [-0.2, 0) is 0 Å². The van der Waals surface area contributed by atoms with Crippen molar-refractivity contribution in [1.29, 1.82) is 0 Å². The van der Waals surface area contributed by atoms with Crippen molar-refractivity contribution in [1.82, 2.24) is 0 Å². The molecular weight excluding hydrogens is 248 g/mol. The smallest absolute Gasteiger partial charge is 0.275 e. The third-order valence-corrected chi connectivity index (χ3v) is 2.77. The SMILES string of the molecule is CCOc1cc(N[C@H](CO)C(C)C)cc([N+](=O)[O-])c1. The van der Waals surface area contributed by atoms with E-state index in [1.165, 1.54) is 12.1 Å². The van der Waals surface area contributed by atoms with E-state index in [0.717, 1.165) is 0 Å². The van der Waals surface area contributed by atoms with E-state index in [9.17, 15) is 15.2 Å². The van der Waals surface area contributed by atoms with Crippen molar-refractivity contribution in [2.75, 3.05) is 18.5 Å². The number of benzene rings is 1. The van der Waals surface area contributed by atoms with E-state index in [1.54, 1.807) is 6.07 Å². The van der Waals surface area contributed by atoms with E-state index in [0.29, 0.717) is 18.0 Å². The summed E-state index contributed by atoms with van der Waals surface area (Å²) in [6, 6.07) is 4.36. The quantitative estimate of drug-likeness (QED) is 0.586. The van der Waals surface area contributed by atoms with Crippen LogP contribution in [0.15, 0.2) is 18.2 Å². The van der Waals surface area contributed by atoms with E-state index >= 15 is 0 Å². The van der Waals surface area contributed by atoms with Crippen LogP contribution in [0.25, 0.3) is 0 Å². The zero-order valence-electron chi connectivity index (χ0n) is 11.4. The summed E-state index contributed by atoms with van der Waals surface area (Å²) >= 11 is 0. The van der Waals surface area contributed by atoms with Crippen LogP contribution < -0.4 is 10.1 Å². The molecule has 6 heteroatoms. The number of aliphatic hydroxyl groups is 1. The largest absolute Gasteiger partial charge is 0.494 e. The van der Waals surface area contributed by atoms with Crippen molar-refractivity contribution < 1.29 is 14.8 Å². The summed E-state index contributed by atoms with van der Waals surface area (Å²) in [6.07, 6.45) is 0. The molecule has 0 radical (unpaired) electrons. The van der Waals surface area contributed by atoms with Gasteiger partial charge >= 0.3 is 0 Å². The molecule has 0 saturated carbocycles. The number of hydrogen-bond acceptors (Lipinski definition) is 5. The lowest BCUT2D eigenvalue weighted by molar-refractivity contribution is -0.384. The van der Waals surface area contributed by atoms with Crippen LogP contribution >= 0.6 is 0 Å². The predicted molar refractivity (Wildman–Crippen MR) is 73.6 cm³/mol. The first-order valence-corrected chi connectivity index (χ1v) is 6.27. The molecule has 1 rings (SSSR count). The number of anilines is 1. The Balaban J connectivity index is 3.01. The zero-order chi connectivity index (χ0) is 14.4. The molecule has 1 aromatic carbocycles. The standard InChI is InChI=1S/C13H20N2O4/c1-4-19-12-6-10(5-11(7-12)15(17)18)14-13(8-16)9(2)3/h5-7,9,13-14,16H,4,8H2,1-3H3/t13-/m1/s1. The first-order valence-electron chi connectivity index (χ1n) is 6.27. The molecule has 1 aromatic rings. The van der Waals surface area contributed by atoms with Crippen LogP contribution in [0.1, 0.15) is 20.8 Å². The monoisotopic (exact) mass is 268 g/mol. The second-order valence-corrected chi connectivity index (χ2v) is 4.58. The van der Waals surface area contributed by atoms with Crippen LogP contribution in [0.5, 0.6) is 5.75 Å². The Morgan fingerprint density at radius 3 is 2.58 bits per heavy atom. The number of nitrogens with one attached hydrogen (secondary N) is 1. The second-order valence-electron chi connectivity index (χ2n) is 4.58. The highest BCUT2D eigenvalue weighted by atomic mass is 16.6. The number of aliphatic hydroxyl groups excluding tert-OH is 1. The molecule has 1 atom stereocenters. The lowest BCUT2D eigenvalue weighted by Crippen LogP contribution is -2.29. The summed E-state index contributed by atoms with van der Waals surface area (Å²) in [6.45, 7) is 6.15. The third-order valence-electron chi connectivity index (χ3n) is 2.77. The van der Waals surface area contributed by atoms with Gasteiger partial charge in [0.1, 0.15) is 5.75 Å². The first kappa shape index (κ1) is 15.2. The topological polar surface area (TPSA) is 84.6 Å². The highest BCUT2D eigenvalue weighted by Gasteiger charge is 2.15. The van der Waals surface area contributed by atoms with Crippen molar-refractivity contribution in [3.05, 3.63) is 28.3 Å². The Hall–Kier alpha value is -1.82. The summed E-state index contributed by atoms with van der Waals surface area (Å²) < 4.78 is 5.31. The predicted octanol–water partition coefficient (Wildman–Crippen LogP) is 2.42.